The molecule has 3 rings (SSSR count). The van der Waals surface area contributed by atoms with Gasteiger partial charge in [0.05, 0.1) is 12.3 Å². The molecule has 0 saturated carbocycles. The molecule has 0 spiro atoms. The Kier molecular flexibility index (Phi) is 5.53. The number of hydrogen-bond acceptors (Lipinski definition) is 5. The molecule has 1 amide bonds. The Balaban J connectivity index is 1.69. The lowest BCUT2D eigenvalue weighted by Gasteiger charge is -2.25. The van der Waals surface area contributed by atoms with Crippen molar-refractivity contribution in [1.82, 2.24) is 5.16 Å². The SMILES string of the molecule is COCC(C)(C)c1cc(NC(=O)C2CCCN2c2ccc(Cl)cc2)on1. The standard InChI is InChI=1S/C19H24ClN3O3/c1-19(2,12-25-3)16-11-17(26-22-16)21-18(24)15-5-4-10-23(15)14-8-6-13(20)7-9-14/h6-9,11,15H,4-5,10,12H2,1-3H3,(H,21,24). The number of ether oxygens (including phenoxy) is 1. The zero-order valence-corrected chi connectivity index (χ0v) is 16.0. The predicted octanol–water partition coefficient (Wildman–Crippen LogP) is 3.86. The van der Waals surface area contributed by atoms with Crippen LogP contribution in [0.5, 0.6) is 0 Å². The van der Waals surface area contributed by atoms with Gasteiger partial charge < -0.3 is 14.2 Å². The molecule has 0 bridgehead atoms. The summed E-state index contributed by atoms with van der Waals surface area (Å²) in [6, 6.07) is 9.08. The number of methoxy groups -OCH3 is 1. The normalized spacial score (nSPS) is 17.5. The molecule has 140 valence electrons. The smallest absolute Gasteiger partial charge is 0.249 e. The van der Waals surface area contributed by atoms with Crippen LogP contribution in [0.25, 0.3) is 0 Å². The van der Waals surface area contributed by atoms with Crippen LogP contribution in [0.3, 0.4) is 0 Å². The van der Waals surface area contributed by atoms with Gasteiger partial charge in [-0.25, -0.2) is 0 Å². The van der Waals surface area contributed by atoms with Crippen molar-refractivity contribution in [3.63, 3.8) is 0 Å². The molecule has 7 heteroatoms. The predicted molar refractivity (Wildman–Crippen MR) is 102 cm³/mol. The van der Waals surface area contributed by atoms with Gasteiger partial charge in [0, 0.05) is 35.8 Å². The molecular formula is C19H24ClN3O3. The fourth-order valence-corrected chi connectivity index (χ4v) is 3.40. The Labute approximate surface area is 158 Å². The maximum absolute atomic E-state index is 12.8. The second-order valence-electron chi connectivity index (χ2n) is 7.21. The average molecular weight is 378 g/mol. The molecule has 1 saturated heterocycles. The Morgan fingerprint density at radius 1 is 1.42 bits per heavy atom. The maximum atomic E-state index is 12.8. The number of rotatable bonds is 6. The summed E-state index contributed by atoms with van der Waals surface area (Å²) in [5.74, 6) is 0.266. The van der Waals surface area contributed by atoms with Crippen LogP contribution in [0.2, 0.25) is 5.02 Å². The summed E-state index contributed by atoms with van der Waals surface area (Å²) < 4.78 is 10.5. The van der Waals surface area contributed by atoms with Crippen molar-refractivity contribution in [2.45, 2.75) is 38.1 Å². The summed E-state index contributed by atoms with van der Waals surface area (Å²) in [6.07, 6.45) is 1.76. The summed E-state index contributed by atoms with van der Waals surface area (Å²) in [5.41, 5.74) is 1.45. The van der Waals surface area contributed by atoms with E-state index in [0.29, 0.717) is 17.5 Å². The van der Waals surface area contributed by atoms with Gasteiger partial charge in [0.25, 0.3) is 0 Å². The van der Waals surface area contributed by atoms with Crippen LogP contribution in [0.4, 0.5) is 11.6 Å². The van der Waals surface area contributed by atoms with E-state index in [2.05, 4.69) is 15.4 Å². The van der Waals surface area contributed by atoms with E-state index in [1.54, 1.807) is 13.2 Å². The Bertz CT molecular complexity index is 758. The van der Waals surface area contributed by atoms with Crippen molar-refractivity contribution in [3.05, 3.63) is 41.0 Å². The second kappa shape index (κ2) is 7.68. The summed E-state index contributed by atoms with van der Waals surface area (Å²) in [6.45, 7) is 5.38. The van der Waals surface area contributed by atoms with Gasteiger partial charge in [-0.15, -0.1) is 0 Å². The van der Waals surface area contributed by atoms with Crippen LogP contribution < -0.4 is 10.2 Å². The van der Waals surface area contributed by atoms with Gasteiger partial charge in [0.2, 0.25) is 11.8 Å². The monoisotopic (exact) mass is 377 g/mol. The first-order valence-corrected chi connectivity index (χ1v) is 9.08. The minimum Gasteiger partial charge on any atom is -0.384 e. The number of halogens is 1. The van der Waals surface area contributed by atoms with Crippen molar-refractivity contribution in [2.24, 2.45) is 0 Å². The van der Waals surface area contributed by atoms with Gasteiger partial charge in [0.15, 0.2) is 0 Å². The van der Waals surface area contributed by atoms with E-state index in [1.807, 2.05) is 38.1 Å². The topological polar surface area (TPSA) is 67.6 Å². The van der Waals surface area contributed by atoms with E-state index in [9.17, 15) is 4.79 Å². The number of aromatic nitrogens is 1. The van der Waals surface area contributed by atoms with E-state index in [0.717, 1.165) is 30.8 Å². The number of carbonyl (C=O) groups is 1. The number of amides is 1. The van der Waals surface area contributed by atoms with Crippen LogP contribution in [-0.2, 0) is 14.9 Å². The molecule has 1 N–H and O–H groups in total. The molecule has 0 aliphatic carbocycles. The minimum absolute atomic E-state index is 0.0929. The number of nitrogens with one attached hydrogen (secondary N) is 1. The van der Waals surface area contributed by atoms with E-state index in [1.165, 1.54) is 0 Å². The van der Waals surface area contributed by atoms with E-state index in [-0.39, 0.29) is 17.4 Å². The fourth-order valence-electron chi connectivity index (χ4n) is 3.27. The lowest BCUT2D eigenvalue weighted by molar-refractivity contribution is -0.117. The van der Waals surface area contributed by atoms with Gasteiger partial charge in [0.1, 0.15) is 6.04 Å². The molecule has 1 aromatic carbocycles. The molecule has 1 aromatic heterocycles. The third-order valence-electron chi connectivity index (χ3n) is 4.67. The van der Waals surface area contributed by atoms with Crippen LogP contribution in [0, 0.1) is 0 Å². The Morgan fingerprint density at radius 3 is 2.85 bits per heavy atom. The first-order chi connectivity index (χ1) is 12.4. The molecule has 1 unspecified atom stereocenters. The molecule has 2 heterocycles. The quantitative estimate of drug-likeness (QED) is 0.827. The molecule has 1 atom stereocenters. The fraction of sp³-hybridized carbons (Fsp3) is 0.474. The third-order valence-corrected chi connectivity index (χ3v) is 4.92. The van der Waals surface area contributed by atoms with Crippen LogP contribution >= 0.6 is 11.6 Å². The van der Waals surface area contributed by atoms with Gasteiger partial charge in [-0.1, -0.05) is 30.6 Å². The Morgan fingerprint density at radius 2 is 2.15 bits per heavy atom. The molecule has 0 radical (unpaired) electrons. The number of nitrogens with zero attached hydrogens (tertiary/aromatic N) is 2. The molecule has 26 heavy (non-hydrogen) atoms. The number of carbonyl (C=O) groups excluding carboxylic acids is 1. The number of hydrogen-bond donors (Lipinski definition) is 1. The summed E-state index contributed by atoms with van der Waals surface area (Å²) >= 11 is 5.96. The zero-order chi connectivity index (χ0) is 18.7. The van der Waals surface area contributed by atoms with E-state index < -0.39 is 0 Å². The Hall–Kier alpha value is -2.05. The van der Waals surface area contributed by atoms with Crippen molar-refractivity contribution >= 4 is 29.1 Å². The maximum Gasteiger partial charge on any atom is 0.249 e. The van der Waals surface area contributed by atoms with Gasteiger partial charge in [-0.2, -0.15) is 0 Å². The highest BCUT2D eigenvalue weighted by Gasteiger charge is 2.32. The molecule has 1 fully saturated rings. The first-order valence-electron chi connectivity index (χ1n) is 8.70. The average Bonchev–Trinajstić information content (AvgIpc) is 3.25. The van der Waals surface area contributed by atoms with Crippen LogP contribution in [0.15, 0.2) is 34.9 Å². The second-order valence-corrected chi connectivity index (χ2v) is 7.65. The van der Waals surface area contributed by atoms with Crippen molar-refractivity contribution < 1.29 is 14.1 Å². The molecule has 1 aliphatic rings. The highest BCUT2D eigenvalue weighted by Crippen LogP contribution is 2.29. The first kappa shape index (κ1) is 18.7. The van der Waals surface area contributed by atoms with Crippen LogP contribution in [-0.4, -0.2) is 37.4 Å². The van der Waals surface area contributed by atoms with Crippen molar-refractivity contribution in [2.75, 3.05) is 30.5 Å². The summed E-state index contributed by atoms with van der Waals surface area (Å²) in [7, 11) is 1.65. The molecule has 6 nitrogen and oxygen atoms in total. The number of benzene rings is 1. The lowest BCUT2D eigenvalue weighted by atomic mass is 9.90. The largest absolute Gasteiger partial charge is 0.384 e. The summed E-state index contributed by atoms with van der Waals surface area (Å²) in [5, 5.41) is 7.61. The molecule has 1 aliphatic heterocycles. The third kappa shape index (κ3) is 4.02. The highest BCUT2D eigenvalue weighted by atomic mass is 35.5. The minimum atomic E-state index is -0.288. The van der Waals surface area contributed by atoms with Crippen molar-refractivity contribution in [3.8, 4) is 0 Å². The van der Waals surface area contributed by atoms with Gasteiger partial charge in [-0.05, 0) is 37.1 Å². The number of anilines is 2. The van der Waals surface area contributed by atoms with E-state index >= 15 is 0 Å². The molecular weight excluding hydrogens is 354 g/mol. The van der Waals surface area contributed by atoms with Gasteiger partial charge >= 0.3 is 0 Å². The van der Waals surface area contributed by atoms with E-state index in [4.69, 9.17) is 20.9 Å². The lowest BCUT2D eigenvalue weighted by Crippen LogP contribution is -2.39. The zero-order valence-electron chi connectivity index (χ0n) is 15.3. The van der Waals surface area contributed by atoms with Gasteiger partial charge in [-0.3, -0.25) is 10.1 Å². The summed E-state index contributed by atoms with van der Waals surface area (Å²) in [4.78, 5) is 14.9. The molecule has 2 aromatic rings. The van der Waals surface area contributed by atoms with Crippen molar-refractivity contribution in [1.29, 1.82) is 0 Å². The highest BCUT2D eigenvalue weighted by molar-refractivity contribution is 6.30. The van der Waals surface area contributed by atoms with Crippen LogP contribution in [0.1, 0.15) is 32.4 Å².